The Hall–Kier alpha value is -0.920. The maximum absolute atomic E-state index is 12.2. The summed E-state index contributed by atoms with van der Waals surface area (Å²) in [5, 5.41) is 3.14. The maximum Gasteiger partial charge on any atom is 0.233 e. The Balaban J connectivity index is 1.88. The molecular weight excluding hydrogens is 358 g/mol. The largest absolute Gasteiger partial charge is 0.496 e. The highest BCUT2D eigenvalue weighted by Gasteiger charge is 2.30. The summed E-state index contributed by atoms with van der Waals surface area (Å²) in [6, 6.07) is 5.11. The quantitative estimate of drug-likeness (QED) is 0.823. The molecular formula is C15H20ClNO4S2. The summed E-state index contributed by atoms with van der Waals surface area (Å²) < 4.78 is 28.1. The van der Waals surface area contributed by atoms with E-state index in [2.05, 4.69) is 5.32 Å². The van der Waals surface area contributed by atoms with Gasteiger partial charge in [-0.25, -0.2) is 8.42 Å². The number of carbonyl (C=O) groups is 1. The normalized spacial score (nSPS) is 20.9. The summed E-state index contributed by atoms with van der Waals surface area (Å²) in [6.07, 6.45) is 0.494. The fourth-order valence-corrected chi connectivity index (χ4v) is 5.12. The Morgan fingerprint density at radius 2 is 2.26 bits per heavy atom. The van der Waals surface area contributed by atoms with Crippen LogP contribution in [0, 0.1) is 0 Å². The molecule has 0 radical (unpaired) electrons. The van der Waals surface area contributed by atoms with Crippen LogP contribution in [0.2, 0.25) is 5.02 Å². The van der Waals surface area contributed by atoms with Gasteiger partial charge in [-0.2, -0.15) is 0 Å². The number of thioether (sulfide) groups is 1. The van der Waals surface area contributed by atoms with E-state index in [1.165, 1.54) is 11.8 Å². The highest BCUT2D eigenvalue weighted by Crippen LogP contribution is 2.28. The Labute approximate surface area is 146 Å². The van der Waals surface area contributed by atoms with Gasteiger partial charge in [0.25, 0.3) is 0 Å². The summed E-state index contributed by atoms with van der Waals surface area (Å²) >= 11 is 7.45. The number of ether oxygens (including phenoxy) is 1. The van der Waals surface area contributed by atoms with Gasteiger partial charge >= 0.3 is 0 Å². The zero-order valence-electron chi connectivity index (χ0n) is 13.0. The molecule has 1 heterocycles. The van der Waals surface area contributed by atoms with Crippen molar-refractivity contribution in [2.45, 2.75) is 30.4 Å². The van der Waals surface area contributed by atoms with Crippen LogP contribution < -0.4 is 10.1 Å². The van der Waals surface area contributed by atoms with E-state index in [1.54, 1.807) is 26.2 Å². The van der Waals surface area contributed by atoms with Crippen LogP contribution in [0.5, 0.6) is 5.75 Å². The highest BCUT2D eigenvalue weighted by molar-refractivity contribution is 7.99. The lowest BCUT2D eigenvalue weighted by atomic mass is 10.2. The van der Waals surface area contributed by atoms with Crippen molar-refractivity contribution in [3.05, 3.63) is 28.8 Å². The Morgan fingerprint density at radius 3 is 2.87 bits per heavy atom. The van der Waals surface area contributed by atoms with Crippen LogP contribution in [-0.4, -0.2) is 44.2 Å². The van der Waals surface area contributed by atoms with E-state index in [9.17, 15) is 13.2 Å². The molecule has 0 aromatic heterocycles. The Kier molecular flexibility index (Phi) is 6.22. The van der Waals surface area contributed by atoms with Crippen molar-refractivity contribution in [1.29, 1.82) is 0 Å². The lowest BCUT2D eigenvalue weighted by molar-refractivity contribution is -0.120. The topological polar surface area (TPSA) is 72.5 Å². The number of sulfone groups is 1. The van der Waals surface area contributed by atoms with Crippen LogP contribution in [0.15, 0.2) is 18.2 Å². The summed E-state index contributed by atoms with van der Waals surface area (Å²) in [5.74, 6) is 1.37. The number of halogens is 1. The molecule has 1 saturated heterocycles. The average molecular weight is 378 g/mol. The first-order valence-corrected chi connectivity index (χ1v) is 10.5. The van der Waals surface area contributed by atoms with Gasteiger partial charge in [0.2, 0.25) is 5.91 Å². The molecule has 1 aromatic rings. The number of hydrogen-bond donors (Lipinski definition) is 1. The minimum atomic E-state index is -2.99. The first kappa shape index (κ1) is 18.4. The Morgan fingerprint density at radius 1 is 1.52 bits per heavy atom. The molecule has 0 aliphatic carbocycles. The fraction of sp³-hybridized carbons (Fsp3) is 0.533. The lowest BCUT2D eigenvalue weighted by Crippen LogP contribution is -2.40. The number of nitrogens with one attached hydrogen (secondary N) is 1. The van der Waals surface area contributed by atoms with Gasteiger partial charge in [0.05, 0.1) is 23.9 Å². The van der Waals surface area contributed by atoms with Gasteiger partial charge in [-0.05, 0) is 31.5 Å². The molecule has 2 atom stereocenters. The van der Waals surface area contributed by atoms with Crippen LogP contribution in [0.1, 0.15) is 18.9 Å². The predicted molar refractivity (Wildman–Crippen MR) is 94.0 cm³/mol. The van der Waals surface area contributed by atoms with E-state index in [4.69, 9.17) is 16.3 Å². The summed E-state index contributed by atoms with van der Waals surface area (Å²) in [7, 11) is -1.40. The lowest BCUT2D eigenvalue weighted by Gasteiger charge is -2.16. The molecule has 1 N–H and O–H groups in total. The molecule has 5 nitrogen and oxygen atoms in total. The van der Waals surface area contributed by atoms with Gasteiger partial charge in [-0.1, -0.05) is 11.6 Å². The van der Waals surface area contributed by atoms with Gasteiger partial charge < -0.3 is 10.1 Å². The van der Waals surface area contributed by atoms with Crippen LogP contribution in [0.4, 0.5) is 0 Å². The molecule has 1 aliphatic rings. The molecule has 0 bridgehead atoms. The van der Waals surface area contributed by atoms with Crippen molar-refractivity contribution in [2.75, 3.05) is 18.6 Å². The third-order valence-corrected chi connectivity index (χ3v) is 6.87. The van der Waals surface area contributed by atoms with E-state index in [0.29, 0.717) is 17.2 Å². The summed E-state index contributed by atoms with van der Waals surface area (Å²) in [6.45, 7) is 1.81. The van der Waals surface area contributed by atoms with Crippen molar-refractivity contribution >= 4 is 39.1 Å². The first-order chi connectivity index (χ1) is 10.8. The van der Waals surface area contributed by atoms with Crippen LogP contribution >= 0.6 is 23.4 Å². The van der Waals surface area contributed by atoms with Crippen LogP contribution in [0.3, 0.4) is 0 Å². The third kappa shape index (κ3) is 5.29. The first-order valence-electron chi connectivity index (χ1n) is 7.25. The maximum atomic E-state index is 12.2. The highest BCUT2D eigenvalue weighted by atomic mass is 35.5. The second kappa shape index (κ2) is 7.77. The molecule has 23 heavy (non-hydrogen) atoms. The Bertz CT molecular complexity index is 678. The second-order valence-corrected chi connectivity index (χ2v) is 9.51. The standard InChI is InChI=1S/C15H20ClNO4S2/c1-10(15(18)17-13-5-6-23(19,20)9-13)22-8-11-7-12(16)3-4-14(11)21-2/h3-4,7,10,13H,5-6,8-9H2,1-2H3,(H,17,18)/t10-,13-/m0/s1. The van der Waals surface area contributed by atoms with Crippen molar-refractivity contribution in [3.8, 4) is 5.75 Å². The SMILES string of the molecule is COc1ccc(Cl)cc1CS[C@@H](C)C(=O)N[C@H]1CCS(=O)(=O)C1. The smallest absolute Gasteiger partial charge is 0.233 e. The van der Waals surface area contributed by atoms with Crippen molar-refractivity contribution in [1.82, 2.24) is 5.32 Å². The number of amides is 1. The molecule has 0 saturated carbocycles. The van der Waals surface area contributed by atoms with Gasteiger partial charge in [0, 0.05) is 22.4 Å². The van der Waals surface area contributed by atoms with E-state index >= 15 is 0 Å². The van der Waals surface area contributed by atoms with Gasteiger partial charge in [0.15, 0.2) is 9.84 Å². The molecule has 0 spiro atoms. The zero-order valence-corrected chi connectivity index (χ0v) is 15.4. The number of methoxy groups -OCH3 is 1. The molecule has 1 amide bonds. The number of hydrogen-bond acceptors (Lipinski definition) is 5. The van der Waals surface area contributed by atoms with Gasteiger partial charge in [0.1, 0.15) is 5.75 Å². The minimum Gasteiger partial charge on any atom is -0.496 e. The summed E-state index contributed by atoms with van der Waals surface area (Å²) in [5.41, 5.74) is 0.924. The molecule has 1 fully saturated rings. The average Bonchev–Trinajstić information content (AvgIpc) is 2.83. The van der Waals surface area contributed by atoms with Gasteiger partial charge in [-0.3, -0.25) is 4.79 Å². The number of carbonyl (C=O) groups excluding carboxylic acids is 1. The molecule has 8 heteroatoms. The summed E-state index contributed by atoms with van der Waals surface area (Å²) in [4.78, 5) is 12.2. The molecule has 2 rings (SSSR count). The van der Waals surface area contributed by atoms with Crippen molar-refractivity contribution in [3.63, 3.8) is 0 Å². The van der Waals surface area contributed by atoms with Crippen molar-refractivity contribution in [2.24, 2.45) is 0 Å². The van der Waals surface area contributed by atoms with Gasteiger partial charge in [-0.15, -0.1) is 11.8 Å². The second-order valence-electron chi connectivity index (χ2n) is 5.52. The van der Waals surface area contributed by atoms with E-state index < -0.39 is 9.84 Å². The fourth-order valence-electron chi connectivity index (χ4n) is 2.38. The monoisotopic (exact) mass is 377 g/mol. The number of benzene rings is 1. The van der Waals surface area contributed by atoms with E-state index in [-0.39, 0.29) is 28.7 Å². The zero-order chi connectivity index (χ0) is 17.0. The van der Waals surface area contributed by atoms with E-state index in [0.717, 1.165) is 11.3 Å². The van der Waals surface area contributed by atoms with Crippen LogP contribution in [0.25, 0.3) is 0 Å². The molecule has 1 aromatic carbocycles. The molecule has 1 aliphatic heterocycles. The van der Waals surface area contributed by atoms with Crippen molar-refractivity contribution < 1.29 is 17.9 Å². The molecule has 128 valence electrons. The predicted octanol–water partition coefficient (Wildman–Crippen LogP) is 2.27. The van der Waals surface area contributed by atoms with Crippen LogP contribution in [-0.2, 0) is 20.4 Å². The third-order valence-electron chi connectivity index (χ3n) is 3.68. The number of rotatable bonds is 6. The molecule has 0 unspecified atom stereocenters. The van der Waals surface area contributed by atoms with E-state index in [1.807, 2.05) is 6.07 Å². The minimum absolute atomic E-state index is 0.0399.